The molecule has 0 spiro atoms. The lowest BCUT2D eigenvalue weighted by Crippen LogP contribution is -2.57. The molecule has 2 saturated heterocycles. The van der Waals surface area contributed by atoms with Gasteiger partial charge in [-0.15, -0.1) is 0 Å². The predicted octanol–water partition coefficient (Wildman–Crippen LogP) is 2.66. The summed E-state index contributed by atoms with van der Waals surface area (Å²) in [6, 6.07) is 0.216. The van der Waals surface area contributed by atoms with E-state index in [0.29, 0.717) is 5.41 Å². The minimum atomic E-state index is -0.421. The Hall–Kier alpha value is -0.810. The lowest BCUT2D eigenvalue weighted by Gasteiger charge is -2.45. The zero-order valence-electron chi connectivity index (χ0n) is 15.9. The molecule has 0 bridgehead atoms. The minimum Gasteiger partial charge on any atom is -0.444 e. The van der Waals surface area contributed by atoms with Crippen molar-refractivity contribution in [3.8, 4) is 0 Å². The Bertz CT molecular complexity index is 411. The maximum absolute atomic E-state index is 12.3. The Morgan fingerprint density at radius 1 is 1.17 bits per heavy atom. The van der Waals surface area contributed by atoms with Gasteiger partial charge in [-0.25, -0.2) is 4.79 Å². The van der Waals surface area contributed by atoms with Crippen LogP contribution in [0, 0.1) is 5.41 Å². The van der Waals surface area contributed by atoms with Gasteiger partial charge in [0, 0.05) is 32.2 Å². The van der Waals surface area contributed by atoms with Crippen molar-refractivity contribution in [3.05, 3.63) is 0 Å². The van der Waals surface area contributed by atoms with Crippen molar-refractivity contribution in [2.45, 2.75) is 59.1 Å². The summed E-state index contributed by atoms with van der Waals surface area (Å²) in [6.07, 6.45) is 2.36. The van der Waals surface area contributed by atoms with Crippen molar-refractivity contribution in [2.24, 2.45) is 5.41 Å². The number of amides is 1. The van der Waals surface area contributed by atoms with Gasteiger partial charge in [0.2, 0.25) is 0 Å². The molecule has 2 fully saturated rings. The highest BCUT2D eigenvalue weighted by Crippen LogP contribution is 2.32. The number of carbonyl (C=O) groups is 1. The third-order valence-corrected chi connectivity index (χ3v) is 5.14. The van der Waals surface area contributed by atoms with E-state index < -0.39 is 5.60 Å². The first kappa shape index (κ1) is 18.5. The summed E-state index contributed by atoms with van der Waals surface area (Å²) >= 11 is 0. The smallest absolute Gasteiger partial charge is 0.410 e. The number of nitrogens with zero attached hydrogens (tertiary/aromatic N) is 3. The van der Waals surface area contributed by atoms with Gasteiger partial charge < -0.3 is 14.5 Å². The van der Waals surface area contributed by atoms with Gasteiger partial charge in [0.15, 0.2) is 0 Å². The Labute approximate surface area is 141 Å². The van der Waals surface area contributed by atoms with Gasteiger partial charge >= 0.3 is 6.09 Å². The summed E-state index contributed by atoms with van der Waals surface area (Å²) < 4.78 is 5.53. The SMILES string of the molecule is CC1CN(CC2(C)CCN(C)CC2)CCN1C(=O)OC(C)(C)C. The topological polar surface area (TPSA) is 36.0 Å². The summed E-state index contributed by atoms with van der Waals surface area (Å²) in [6.45, 7) is 16.5. The lowest BCUT2D eigenvalue weighted by atomic mass is 9.80. The van der Waals surface area contributed by atoms with E-state index >= 15 is 0 Å². The Kier molecular flexibility index (Phi) is 5.62. The zero-order chi connectivity index (χ0) is 17.3. The molecule has 1 atom stereocenters. The van der Waals surface area contributed by atoms with Gasteiger partial charge in [0.05, 0.1) is 0 Å². The Morgan fingerprint density at radius 3 is 2.30 bits per heavy atom. The fourth-order valence-electron chi connectivity index (χ4n) is 3.62. The maximum atomic E-state index is 12.3. The molecule has 0 aromatic rings. The van der Waals surface area contributed by atoms with E-state index in [1.807, 2.05) is 25.7 Å². The molecule has 0 radical (unpaired) electrons. The molecule has 0 aliphatic carbocycles. The van der Waals surface area contributed by atoms with Crippen LogP contribution in [0.5, 0.6) is 0 Å². The van der Waals surface area contributed by atoms with E-state index in [2.05, 4.69) is 30.7 Å². The van der Waals surface area contributed by atoms with Crippen LogP contribution >= 0.6 is 0 Å². The van der Waals surface area contributed by atoms with E-state index in [1.165, 1.54) is 25.9 Å². The summed E-state index contributed by atoms with van der Waals surface area (Å²) in [7, 11) is 2.21. The zero-order valence-corrected chi connectivity index (χ0v) is 15.9. The molecule has 0 N–H and O–H groups in total. The molecule has 2 rings (SSSR count). The van der Waals surface area contributed by atoms with Crippen LogP contribution in [0.25, 0.3) is 0 Å². The van der Waals surface area contributed by atoms with Crippen LogP contribution in [0.4, 0.5) is 4.79 Å². The van der Waals surface area contributed by atoms with Gasteiger partial charge in [0.25, 0.3) is 0 Å². The molecule has 1 unspecified atom stereocenters. The normalized spacial score (nSPS) is 27.0. The minimum absolute atomic E-state index is 0.171. The number of carbonyl (C=O) groups excluding carboxylic acids is 1. The predicted molar refractivity (Wildman–Crippen MR) is 93.7 cm³/mol. The van der Waals surface area contributed by atoms with E-state index in [1.54, 1.807) is 0 Å². The van der Waals surface area contributed by atoms with Crippen molar-refractivity contribution < 1.29 is 9.53 Å². The summed E-state index contributed by atoms with van der Waals surface area (Å²) in [5.74, 6) is 0. The summed E-state index contributed by atoms with van der Waals surface area (Å²) in [5.41, 5.74) is -0.00411. The van der Waals surface area contributed by atoms with Gasteiger partial charge in [-0.1, -0.05) is 6.92 Å². The van der Waals surface area contributed by atoms with Gasteiger partial charge in [-0.3, -0.25) is 4.90 Å². The second kappa shape index (κ2) is 6.98. The number of rotatable bonds is 2. The number of piperidine rings is 1. The van der Waals surface area contributed by atoms with Crippen LogP contribution in [0.3, 0.4) is 0 Å². The third-order valence-electron chi connectivity index (χ3n) is 5.14. The monoisotopic (exact) mass is 325 g/mol. The Balaban J connectivity index is 1.85. The van der Waals surface area contributed by atoms with Crippen LogP contribution in [0.1, 0.15) is 47.5 Å². The molecule has 0 saturated carbocycles. The number of likely N-dealkylation sites (tertiary alicyclic amines) is 1. The number of piperazine rings is 1. The largest absolute Gasteiger partial charge is 0.444 e. The van der Waals surface area contributed by atoms with Crippen LogP contribution in [-0.4, -0.2) is 78.8 Å². The number of ether oxygens (including phenoxy) is 1. The highest BCUT2D eigenvalue weighted by atomic mass is 16.6. The van der Waals surface area contributed by atoms with Crippen molar-refractivity contribution in [1.82, 2.24) is 14.7 Å². The standard InChI is InChI=1S/C18H35N3O2/c1-15-13-20(14-18(5)7-9-19(6)10-8-18)11-12-21(15)16(22)23-17(2,3)4/h15H,7-14H2,1-6H3. The Morgan fingerprint density at radius 2 is 1.78 bits per heavy atom. The number of hydrogen-bond donors (Lipinski definition) is 0. The molecule has 2 aliphatic heterocycles. The fraction of sp³-hybridized carbons (Fsp3) is 0.944. The summed E-state index contributed by atoms with van der Waals surface area (Å²) in [5, 5.41) is 0. The molecule has 134 valence electrons. The van der Waals surface area contributed by atoms with Crippen LogP contribution < -0.4 is 0 Å². The molecule has 1 amide bonds. The van der Waals surface area contributed by atoms with Gasteiger partial charge in [0.1, 0.15) is 5.60 Å². The maximum Gasteiger partial charge on any atom is 0.410 e. The first-order valence-electron chi connectivity index (χ1n) is 8.99. The molecule has 0 aromatic carbocycles. The molecule has 5 nitrogen and oxygen atoms in total. The molecule has 2 heterocycles. The number of hydrogen-bond acceptors (Lipinski definition) is 4. The molecule has 2 aliphatic rings. The van der Waals surface area contributed by atoms with Crippen LogP contribution in [-0.2, 0) is 4.74 Å². The quantitative estimate of drug-likeness (QED) is 0.782. The first-order valence-corrected chi connectivity index (χ1v) is 8.99. The lowest BCUT2D eigenvalue weighted by molar-refractivity contribution is -0.00711. The third kappa shape index (κ3) is 5.35. The van der Waals surface area contributed by atoms with E-state index in [0.717, 1.165) is 26.2 Å². The fourth-order valence-corrected chi connectivity index (χ4v) is 3.62. The van der Waals surface area contributed by atoms with Crippen LogP contribution in [0.15, 0.2) is 0 Å². The van der Waals surface area contributed by atoms with Crippen molar-refractivity contribution >= 4 is 6.09 Å². The second-order valence-electron chi connectivity index (χ2n) is 8.87. The van der Waals surface area contributed by atoms with E-state index in [4.69, 9.17) is 4.74 Å². The van der Waals surface area contributed by atoms with E-state index in [-0.39, 0.29) is 12.1 Å². The highest BCUT2D eigenvalue weighted by Gasteiger charge is 2.35. The molecular weight excluding hydrogens is 290 g/mol. The molecule has 5 heteroatoms. The second-order valence-corrected chi connectivity index (χ2v) is 8.87. The van der Waals surface area contributed by atoms with Gasteiger partial charge in [-0.2, -0.15) is 0 Å². The molecule has 0 aromatic heterocycles. The van der Waals surface area contributed by atoms with Gasteiger partial charge in [-0.05, 0) is 66.1 Å². The molecular formula is C18H35N3O2. The average molecular weight is 325 g/mol. The highest BCUT2D eigenvalue weighted by molar-refractivity contribution is 5.68. The first-order chi connectivity index (χ1) is 10.6. The summed E-state index contributed by atoms with van der Waals surface area (Å²) in [4.78, 5) is 19.1. The average Bonchev–Trinajstić information content (AvgIpc) is 2.40. The molecule has 23 heavy (non-hydrogen) atoms. The van der Waals surface area contributed by atoms with E-state index in [9.17, 15) is 4.79 Å². The van der Waals surface area contributed by atoms with Crippen molar-refractivity contribution in [1.29, 1.82) is 0 Å². The van der Waals surface area contributed by atoms with Crippen molar-refractivity contribution in [3.63, 3.8) is 0 Å². The van der Waals surface area contributed by atoms with Crippen LogP contribution in [0.2, 0.25) is 0 Å². The van der Waals surface area contributed by atoms with Crippen molar-refractivity contribution in [2.75, 3.05) is 46.3 Å².